The summed E-state index contributed by atoms with van der Waals surface area (Å²) in [6.07, 6.45) is 5.20. The number of thiazole rings is 2. The number of para-hydroxylation sites is 1. The topological polar surface area (TPSA) is 156 Å². The summed E-state index contributed by atoms with van der Waals surface area (Å²) in [7, 11) is -6.90. The van der Waals surface area contributed by atoms with Crippen LogP contribution in [-0.2, 0) is 47.2 Å². The third-order valence-electron chi connectivity index (χ3n) is 7.91. The standard InChI is InChI=1S/C22H23N3O3S2.C13H13ClN2O3S2/c1-16(25-13-4-6-17-5-2-3-7-20(17)25)22(26)24-18-8-10-19(11-9-18)30(27,28)15-21-23-12-14-29-21;1-9(14)13(17)16-10-2-4-11(5-3-10)21(18,19)8-12-15-6-7-20-12/h2-3,5,7-12,14,16H,4,6,13,15H2,1H3,(H,24,26);2-7,9H,8H2,1H3,(H,16,17). The predicted molar refractivity (Wildman–Crippen MR) is 203 cm³/mol. The van der Waals surface area contributed by atoms with Crippen molar-refractivity contribution in [2.75, 3.05) is 22.1 Å². The van der Waals surface area contributed by atoms with Crippen LogP contribution in [0.25, 0.3) is 0 Å². The first-order valence-corrected chi connectivity index (χ1v) is 21.3. The first kappa shape index (κ1) is 38.1. The number of anilines is 3. The van der Waals surface area contributed by atoms with Crippen LogP contribution in [0.5, 0.6) is 0 Å². The van der Waals surface area contributed by atoms with Crippen molar-refractivity contribution in [3.05, 3.63) is 112 Å². The lowest BCUT2D eigenvalue weighted by Crippen LogP contribution is -2.44. The predicted octanol–water partition coefficient (Wildman–Crippen LogP) is 6.58. The molecule has 2 unspecified atom stereocenters. The van der Waals surface area contributed by atoms with Crippen LogP contribution < -0.4 is 15.5 Å². The van der Waals surface area contributed by atoms with Crippen LogP contribution in [0.3, 0.4) is 0 Å². The van der Waals surface area contributed by atoms with Gasteiger partial charge in [-0.25, -0.2) is 26.8 Å². The molecule has 16 heteroatoms. The molecule has 0 radical (unpaired) electrons. The van der Waals surface area contributed by atoms with E-state index in [1.54, 1.807) is 42.2 Å². The Balaban J connectivity index is 0.000000211. The van der Waals surface area contributed by atoms with E-state index < -0.39 is 25.1 Å². The molecule has 2 aromatic heterocycles. The maximum Gasteiger partial charge on any atom is 0.246 e. The number of nitrogens with one attached hydrogen (secondary N) is 2. The zero-order chi connectivity index (χ0) is 36.6. The molecule has 11 nitrogen and oxygen atoms in total. The number of rotatable bonds is 11. The monoisotopic (exact) mass is 785 g/mol. The molecule has 0 saturated carbocycles. The Morgan fingerprint density at radius 2 is 1.25 bits per heavy atom. The van der Waals surface area contributed by atoms with E-state index in [1.807, 2.05) is 19.1 Å². The third kappa shape index (κ3) is 10.2. The molecule has 2 N–H and O–H groups in total. The maximum atomic E-state index is 12.8. The van der Waals surface area contributed by atoms with Crippen molar-refractivity contribution >= 4 is 82.8 Å². The van der Waals surface area contributed by atoms with Crippen molar-refractivity contribution in [1.82, 2.24) is 9.97 Å². The lowest BCUT2D eigenvalue weighted by molar-refractivity contribution is -0.117. The van der Waals surface area contributed by atoms with Crippen LogP contribution in [0.2, 0.25) is 0 Å². The van der Waals surface area contributed by atoms with Crippen molar-refractivity contribution in [1.29, 1.82) is 0 Å². The molecule has 1 aliphatic rings. The maximum absolute atomic E-state index is 12.8. The fourth-order valence-corrected chi connectivity index (χ4v) is 9.79. The van der Waals surface area contributed by atoms with Gasteiger partial charge in [0.25, 0.3) is 0 Å². The average molecular weight is 786 g/mol. The Labute approximate surface area is 310 Å². The second-order valence-corrected chi connectivity index (χ2v) is 18.2. The summed E-state index contributed by atoms with van der Waals surface area (Å²) in [5.41, 5.74) is 3.44. The number of sulfone groups is 2. The highest BCUT2D eigenvalue weighted by molar-refractivity contribution is 7.91. The van der Waals surface area contributed by atoms with E-state index >= 15 is 0 Å². The van der Waals surface area contributed by atoms with Gasteiger partial charge in [-0.3, -0.25) is 9.59 Å². The summed E-state index contributed by atoms with van der Waals surface area (Å²) in [6.45, 7) is 4.29. The van der Waals surface area contributed by atoms with Gasteiger partial charge in [0.1, 0.15) is 32.9 Å². The zero-order valence-electron chi connectivity index (χ0n) is 27.7. The number of aromatic nitrogens is 2. The summed E-state index contributed by atoms with van der Waals surface area (Å²) in [6, 6.07) is 20.1. The molecule has 2 amide bonds. The number of hydrogen-bond donors (Lipinski definition) is 2. The smallest absolute Gasteiger partial charge is 0.246 e. The Morgan fingerprint density at radius 3 is 1.73 bits per heavy atom. The molecule has 268 valence electrons. The zero-order valence-corrected chi connectivity index (χ0v) is 31.8. The lowest BCUT2D eigenvalue weighted by Gasteiger charge is -2.35. The Bertz CT molecular complexity index is 2140. The van der Waals surface area contributed by atoms with Crippen molar-refractivity contribution in [3.8, 4) is 0 Å². The first-order chi connectivity index (χ1) is 24.3. The summed E-state index contributed by atoms with van der Waals surface area (Å²) in [4.78, 5) is 34.8. The Morgan fingerprint density at radius 1 is 0.765 bits per heavy atom. The Kier molecular flexibility index (Phi) is 12.6. The van der Waals surface area contributed by atoms with Crippen molar-refractivity contribution in [3.63, 3.8) is 0 Å². The molecule has 3 heterocycles. The second-order valence-electron chi connectivity index (χ2n) is 11.6. The van der Waals surface area contributed by atoms with E-state index in [9.17, 15) is 26.4 Å². The quantitative estimate of drug-likeness (QED) is 0.141. The van der Waals surface area contributed by atoms with Gasteiger partial charge in [0.05, 0.1) is 9.79 Å². The van der Waals surface area contributed by atoms with Crippen LogP contribution in [0.15, 0.2) is 106 Å². The normalized spacial score (nSPS) is 14.0. The molecule has 3 aromatic carbocycles. The number of halogens is 1. The van der Waals surface area contributed by atoms with Gasteiger partial charge in [0, 0.05) is 46.8 Å². The van der Waals surface area contributed by atoms with Crippen molar-refractivity contribution in [2.45, 2.75) is 59.4 Å². The molecule has 51 heavy (non-hydrogen) atoms. The van der Waals surface area contributed by atoms with Crippen LogP contribution in [0, 0.1) is 0 Å². The van der Waals surface area contributed by atoms with Crippen LogP contribution in [-0.4, -0.2) is 56.6 Å². The number of carbonyl (C=O) groups excluding carboxylic acids is 2. The number of benzene rings is 3. The molecule has 0 fully saturated rings. The molecule has 0 saturated heterocycles. The van der Waals surface area contributed by atoms with E-state index in [2.05, 4.69) is 37.6 Å². The van der Waals surface area contributed by atoms with Gasteiger partial charge in [-0.05, 0) is 86.8 Å². The van der Waals surface area contributed by atoms with Crippen molar-refractivity contribution < 1.29 is 26.4 Å². The van der Waals surface area contributed by atoms with Gasteiger partial charge < -0.3 is 15.5 Å². The number of fused-ring (bicyclic) bond motifs is 1. The van der Waals surface area contributed by atoms with Crippen molar-refractivity contribution in [2.24, 2.45) is 0 Å². The molecular formula is C35H36ClN5O6S4. The van der Waals surface area contributed by atoms with E-state index in [-0.39, 0.29) is 39.2 Å². The molecular weight excluding hydrogens is 750 g/mol. The number of aryl methyl sites for hydroxylation is 1. The largest absolute Gasteiger partial charge is 0.360 e. The van der Waals surface area contributed by atoms with Gasteiger partial charge in [-0.15, -0.1) is 34.3 Å². The van der Waals surface area contributed by atoms with Crippen LogP contribution >= 0.6 is 34.3 Å². The molecule has 2 atom stereocenters. The number of carbonyl (C=O) groups is 2. The molecule has 0 aliphatic carbocycles. The van der Waals surface area contributed by atoms with Gasteiger partial charge in [0.15, 0.2) is 19.7 Å². The highest BCUT2D eigenvalue weighted by Crippen LogP contribution is 2.29. The van der Waals surface area contributed by atoms with E-state index in [1.165, 1.54) is 64.6 Å². The highest BCUT2D eigenvalue weighted by atomic mass is 35.5. The van der Waals surface area contributed by atoms with Crippen LogP contribution in [0.4, 0.5) is 17.1 Å². The third-order valence-corrected chi connectivity index (χ3v) is 13.3. The van der Waals surface area contributed by atoms with Gasteiger partial charge >= 0.3 is 0 Å². The Hall–Kier alpha value is -4.15. The van der Waals surface area contributed by atoms with E-state index in [4.69, 9.17) is 11.6 Å². The summed E-state index contributed by atoms with van der Waals surface area (Å²) in [5, 5.41) is 9.43. The molecule has 0 spiro atoms. The molecule has 0 bridgehead atoms. The van der Waals surface area contributed by atoms with Gasteiger partial charge in [-0.2, -0.15) is 0 Å². The van der Waals surface area contributed by atoms with Gasteiger partial charge in [-0.1, -0.05) is 18.2 Å². The molecule has 6 rings (SSSR count). The lowest BCUT2D eigenvalue weighted by atomic mass is 10.00. The minimum Gasteiger partial charge on any atom is -0.360 e. The minimum absolute atomic E-state index is 0.120. The fraction of sp³-hybridized carbons (Fsp3) is 0.257. The highest BCUT2D eigenvalue weighted by Gasteiger charge is 2.26. The summed E-state index contributed by atoms with van der Waals surface area (Å²) < 4.78 is 49.5. The van der Waals surface area contributed by atoms with Gasteiger partial charge in [0.2, 0.25) is 11.8 Å². The number of amides is 2. The fourth-order valence-electron chi connectivity index (χ4n) is 5.23. The molecule has 5 aromatic rings. The summed E-state index contributed by atoms with van der Waals surface area (Å²) >= 11 is 8.26. The average Bonchev–Trinajstić information content (AvgIpc) is 3.82. The number of nitrogens with zero attached hydrogens (tertiary/aromatic N) is 3. The molecule has 1 aliphatic heterocycles. The minimum atomic E-state index is -3.47. The van der Waals surface area contributed by atoms with Crippen LogP contribution in [0.1, 0.15) is 35.8 Å². The first-order valence-electron chi connectivity index (χ1n) is 15.8. The number of hydrogen-bond acceptors (Lipinski definition) is 11. The SMILES string of the molecule is CC(C(=O)Nc1ccc(S(=O)(=O)Cc2nccs2)cc1)N1CCCc2ccccc21.CC(Cl)C(=O)Nc1ccc(S(=O)(=O)Cc2nccs2)cc1. The second kappa shape index (κ2) is 16.9. The summed E-state index contributed by atoms with van der Waals surface area (Å²) in [5.74, 6) is -0.711. The van der Waals surface area contributed by atoms with E-state index in [0.717, 1.165) is 25.1 Å². The van der Waals surface area contributed by atoms with E-state index in [0.29, 0.717) is 21.4 Å². The number of alkyl halides is 1.